The average molecular weight is 131 g/mol. The van der Waals surface area contributed by atoms with Crippen molar-refractivity contribution in [1.82, 2.24) is 0 Å². The predicted octanol–water partition coefficient (Wildman–Crippen LogP) is 1.45. The second-order valence-electron chi connectivity index (χ2n) is 1.24. The molecule has 0 unspecified atom stereocenters. The van der Waals surface area contributed by atoms with Crippen molar-refractivity contribution >= 4 is 11.5 Å². The number of carbonyl (C=O) groups excluding carboxylic acids is 1. The molecule has 0 heterocycles. The molecule has 0 radical (unpaired) electrons. The van der Waals surface area contributed by atoms with E-state index in [1.165, 1.54) is 13.8 Å². The van der Waals surface area contributed by atoms with Gasteiger partial charge in [-0.3, -0.25) is 4.79 Å². The van der Waals surface area contributed by atoms with Crippen molar-refractivity contribution in [2.75, 3.05) is 0 Å². The van der Waals surface area contributed by atoms with E-state index in [0.717, 1.165) is 0 Å². The Morgan fingerprint density at radius 3 is 1.67 bits per heavy atom. The van der Waals surface area contributed by atoms with Crippen molar-refractivity contribution in [2.24, 2.45) is 5.16 Å². The van der Waals surface area contributed by atoms with Crippen molar-refractivity contribution in [3.05, 3.63) is 0 Å². The Balaban J connectivity index is 0. The van der Waals surface area contributed by atoms with Crippen molar-refractivity contribution in [3.63, 3.8) is 0 Å². The van der Waals surface area contributed by atoms with Gasteiger partial charge in [-0.05, 0) is 6.92 Å². The molecule has 0 spiro atoms. The average Bonchev–Trinajstić information content (AvgIpc) is 1.91. The molecule has 0 aromatic rings. The van der Waals surface area contributed by atoms with Gasteiger partial charge in [-0.1, -0.05) is 19.0 Å². The van der Waals surface area contributed by atoms with Gasteiger partial charge in [0.15, 0.2) is 5.78 Å². The Morgan fingerprint density at radius 1 is 1.33 bits per heavy atom. The number of oxime groups is 1. The van der Waals surface area contributed by atoms with Crippen molar-refractivity contribution < 1.29 is 10.0 Å². The van der Waals surface area contributed by atoms with E-state index < -0.39 is 0 Å². The minimum Gasteiger partial charge on any atom is -0.411 e. The largest absolute Gasteiger partial charge is 0.411 e. The fourth-order valence-corrected chi connectivity index (χ4v) is 0.0704. The van der Waals surface area contributed by atoms with E-state index in [9.17, 15) is 4.79 Å². The number of carbonyl (C=O) groups is 1. The van der Waals surface area contributed by atoms with E-state index in [0.29, 0.717) is 0 Å². The highest BCUT2D eigenvalue weighted by Crippen LogP contribution is 1.73. The second-order valence-corrected chi connectivity index (χ2v) is 1.24. The van der Waals surface area contributed by atoms with Crippen LogP contribution in [0.5, 0.6) is 0 Å². The predicted molar refractivity (Wildman–Crippen MR) is 36.9 cm³/mol. The summed E-state index contributed by atoms with van der Waals surface area (Å²) in [7, 11) is 0. The molecular weight excluding hydrogens is 118 g/mol. The Labute approximate surface area is 55.4 Å². The highest BCUT2D eigenvalue weighted by atomic mass is 16.4. The second kappa shape index (κ2) is 7.14. The van der Waals surface area contributed by atoms with Gasteiger partial charge < -0.3 is 5.21 Å². The van der Waals surface area contributed by atoms with E-state index in [2.05, 4.69) is 5.16 Å². The molecule has 54 valence electrons. The zero-order chi connectivity index (χ0) is 7.86. The lowest BCUT2D eigenvalue weighted by Gasteiger charge is -1.82. The van der Waals surface area contributed by atoms with Gasteiger partial charge in [0, 0.05) is 6.92 Å². The third kappa shape index (κ3) is 7.14. The summed E-state index contributed by atoms with van der Waals surface area (Å²) in [6, 6.07) is 0. The molecule has 0 aromatic heterocycles. The van der Waals surface area contributed by atoms with Crippen LogP contribution in [0.15, 0.2) is 5.16 Å². The number of hydrogen-bond acceptors (Lipinski definition) is 3. The maximum absolute atomic E-state index is 10.1. The lowest BCUT2D eigenvalue weighted by molar-refractivity contribution is -0.111. The number of hydrogen-bond donors (Lipinski definition) is 1. The van der Waals surface area contributed by atoms with Crippen LogP contribution in [0.25, 0.3) is 0 Å². The van der Waals surface area contributed by atoms with Crippen LogP contribution in [0.2, 0.25) is 0 Å². The molecule has 0 fully saturated rings. The zero-order valence-corrected chi connectivity index (χ0v) is 6.30. The molecule has 3 nitrogen and oxygen atoms in total. The van der Waals surface area contributed by atoms with Gasteiger partial charge in [0.1, 0.15) is 5.71 Å². The summed E-state index contributed by atoms with van der Waals surface area (Å²) in [6.07, 6.45) is 0. The van der Waals surface area contributed by atoms with E-state index in [4.69, 9.17) is 5.21 Å². The van der Waals surface area contributed by atoms with Crippen LogP contribution >= 0.6 is 0 Å². The number of nitrogens with zero attached hydrogens (tertiary/aromatic N) is 1. The van der Waals surface area contributed by atoms with Gasteiger partial charge in [0.05, 0.1) is 0 Å². The molecule has 1 N–H and O–H groups in total. The zero-order valence-electron chi connectivity index (χ0n) is 6.30. The quantitative estimate of drug-likeness (QED) is 0.332. The van der Waals surface area contributed by atoms with E-state index in [-0.39, 0.29) is 11.5 Å². The number of ketones is 1. The van der Waals surface area contributed by atoms with Gasteiger partial charge in [-0.25, -0.2) is 0 Å². The van der Waals surface area contributed by atoms with Crippen LogP contribution < -0.4 is 0 Å². The molecule has 3 heteroatoms. The SMILES string of the molecule is CC.CC(=O)/C(C)=N\O. The van der Waals surface area contributed by atoms with Gasteiger partial charge in [0.2, 0.25) is 0 Å². The summed E-state index contributed by atoms with van der Waals surface area (Å²) in [4.78, 5) is 10.1. The summed E-state index contributed by atoms with van der Waals surface area (Å²) >= 11 is 0. The number of Topliss-reactive ketones (excluding diaryl/α,β-unsaturated/α-hetero) is 1. The first-order chi connectivity index (χ1) is 4.18. The fourth-order valence-electron chi connectivity index (χ4n) is 0.0704. The van der Waals surface area contributed by atoms with Gasteiger partial charge in [-0.15, -0.1) is 0 Å². The van der Waals surface area contributed by atoms with E-state index >= 15 is 0 Å². The summed E-state index contributed by atoms with van der Waals surface area (Å²) in [5.41, 5.74) is 0.139. The molecule has 0 saturated heterocycles. The van der Waals surface area contributed by atoms with Crippen molar-refractivity contribution in [2.45, 2.75) is 27.7 Å². The van der Waals surface area contributed by atoms with E-state index in [1.54, 1.807) is 0 Å². The summed E-state index contributed by atoms with van der Waals surface area (Å²) in [6.45, 7) is 6.79. The van der Waals surface area contributed by atoms with Crippen molar-refractivity contribution in [1.29, 1.82) is 0 Å². The lowest BCUT2D eigenvalue weighted by atomic mass is 10.3. The van der Waals surface area contributed by atoms with Gasteiger partial charge in [0.25, 0.3) is 0 Å². The highest BCUT2D eigenvalue weighted by Gasteiger charge is 1.93. The summed E-state index contributed by atoms with van der Waals surface area (Å²) in [5, 5.41) is 10.5. The number of rotatable bonds is 1. The summed E-state index contributed by atoms with van der Waals surface area (Å²) < 4.78 is 0. The Morgan fingerprint density at radius 2 is 1.67 bits per heavy atom. The molecule has 0 aliphatic heterocycles. The third-order valence-corrected chi connectivity index (χ3v) is 0.660. The van der Waals surface area contributed by atoms with Crippen LogP contribution in [0, 0.1) is 0 Å². The molecule has 0 aromatic carbocycles. The minimum atomic E-state index is -0.206. The van der Waals surface area contributed by atoms with Gasteiger partial charge in [-0.2, -0.15) is 0 Å². The van der Waals surface area contributed by atoms with Crippen molar-refractivity contribution in [3.8, 4) is 0 Å². The smallest absolute Gasteiger partial charge is 0.177 e. The standard InChI is InChI=1S/C4H7NO2.C2H6/c1-3(5-7)4(2)6;1-2/h7H,1-2H3;1-2H3/b5-3-;. The molecule has 0 aliphatic rings. The van der Waals surface area contributed by atoms with Crippen LogP contribution in [0.4, 0.5) is 0 Å². The Bertz CT molecular complexity index is 108. The molecule has 0 atom stereocenters. The molecule has 0 bridgehead atoms. The first-order valence-corrected chi connectivity index (χ1v) is 2.88. The normalized spacial score (nSPS) is 9.56. The molecule has 0 aliphatic carbocycles. The first kappa shape index (κ1) is 11.0. The maximum Gasteiger partial charge on any atom is 0.177 e. The van der Waals surface area contributed by atoms with Crippen LogP contribution in [0.1, 0.15) is 27.7 Å². The maximum atomic E-state index is 10.1. The topological polar surface area (TPSA) is 49.7 Å². The fraction of sp³-hybridized carbons (Fsp3) is 0.667. The molecule has 0 saturated carbocycles. The summed E-state index contributed by atoms with van der Waals surface area (Å²) in [5.74, 6) is -0.206. The highest BCUT2D eigenvalue weighted by molar-refractivity contribution is 6.37. The Kier molecular flexibility index (Phi) is 8.73. The molecule has 9 heavy (non-hydrogen) atoms. The van der Waals surface area contributed by atoms with Gasteiger partial charge >= 0.3 is 0 Å². The van der Waals surface area contributed by atoms with Crippen LogP contribution in [-0.2, 0) is 4.79 Å². The van der Waals surface area contributed by atoms with Crippen LogP contribution in [0.3, 0.4) is 0 Å². The first-order valence-electron chi connectivity index (χ1n) is 2.88. The monoisotopic (exact) mass is 131 g/mol. The minimum absolute atomic E-state index is 0.139. The van der Waals surface area contributed by atoms with E-state index in [1.807, 2.05) is 13.8 Å². The molecule has 0 amide bonds. The molecular formula is C6H13NO2. The van der Waals surface area contributed by atoms with Crippen LogP contribution in [-0.4, -0.2) is 16.7 Å². The Hall–Kier alpha value is -0.860. The third-order valence-electron chi connectivity index (χ3n) is 0.660. The lowest BCUT2D eigenvalue weighted by Crippen LogP contribution is -2.02. The molecule has 0 rings (SSSR count).